The molecule has 0 aromatic carbocycles. The molecular formula is C9H11NOS. The minimum Gasteiger partial charge on any atom is -0.299 e. The van der Waals surface area contributed by atoms with Gasteiger partial charge in [0.05, 0.1) is 10.7 Å². The minimum absolute atomic E-state index is 0.466. The summed E-state index contributed by atoms with van der Waals surface area (Å²) in [5, 5.41) is 3.07. The highest BCUT2D eigenvalue weighted by atomic mass is 32.1. The molecule has 1 rings (SSSR count). The van der Waals surface area contributed by atoms with E-state index in [2.05, 4.69) is 18.8 Å². The number of allylic oxidation sites excluding steroid dienone is 1. The van der Waals surface area contributed by atoms with Crippen LogP contribution in [0.25, 0.3) is 6.08 Å². The van der Waals surface area contributed by atoms with Gasteiger partial charge in [-0.1, -0.05) is 13.8 Å². The van der Waals surface area contributed by atoms with Crippen LogP contribution in [0.3, 0.4) is 0 Å². The Hall–Kier alpha value is -0.960. The van der Waals surface area contributed by atoms with E-state index in [1.165, 1.54) is 6.08 Å². The van der Waals surface area contributed by atoms with Crippen LogP contribution in [-0.2, 0) is 4.79 Å². The van der Waals surface area contributed by atoms with Gasteiger partial charge in [0.1, 0.15) is 6.29 Å². The summed E-state index contributed by atoms with van der Waals surface area (Å²) >= 11 is 1.63. The third-order valence-corrected chi connectivity index (χ3v) is 2.54. The summed E-state index contributed by atoms with van der Waals surface area (Å²) in [6, 6.07) is 0. The van der Waals surface area contributed by atoms with Gasteiger partial charge in [0.25, 0.3) is 0 Å². The van der Waals surface area contributed by atoms with E-state index in [0.717, 1.165) is 17.0 Å². The smallest absolute Gasteiger partial charge is 0.142 e. The molecule has 0 aliphatic heterocycles. The van der Waals surface area contributed by atoms with Crippen LogP contribution >= 0.6 is 11.3 Å². The molecule has 0 aliphatic carbocycles. The van der Waals surface area contributed by atoms with Crippen LogP contribution in [-0.4, -0.2) is 11.3 Å². The Morgan fingerprint density at radius 1 is 1.58 bits per heavy atom. The summed E-state index contributed by atoms with van der Waals surface area (Å²) in [5.74, 6) is 0.466. The van der Waals surface area contributed by atoms with Gasteiger partial charge in [-0.25, -0.2) is 4.98 Å². The van der Waals surface area contributed by atoms with Gasteiger partial charge in [-0.2, -0.15) is 0 Å². The molecule has 2 nitrogen and oxygen atoms in total. The largest absolute Gasteiger partial charge is 0.299 e. The molecule has 64 valence electrons. The van der Waals surface area contributed by atoms with E-state index in [-0.39, 0.29) is 0 Å². The van der Waals surface area contributed by atoms with Crippen LogP contribution in [0.5, 0.6) is 0 Å². The number of carbonyl (C=O) groups excluding carboxylic acids is 1. The number of thiazole rings is 1. The van der Waals surface area contributed by atoms with E-state index in [9.17, 15) is 4.79 Å². The van der Waals surface area contributed by atoms with Crippen molar-refractivity contribution in [2.45, 2.75) is 19.8 Å². The van der Waals surface area contributed by atoms with Gasteiger partial charge in [-0.15, -0.1) is 11.3 Å². The van der Waals surface area contributed by atoms with E-state index >= 15 is 0 Å². The lowest BCUT2D eigenvalue weighted by atomic mass is 10.2. The Labute approximate surface area is 76.0 Å². The molecule has 0 bridgehead atoms. The maximum atomic E-state index is 10.0. The monoisotopic (exact) mass is 181 g/mol. The highest BCUT2D eigenvalue weighted by Gasteiger charge is 2.02. The Morgan fingerprint density at radius 3 is 2.83 bits per heavy atom. The van der Waals surface area contributed by atoms with Crippen LogP contribution in [0.1, 0.15) is 30.5 Å². The molecule has 0 spiro atoms. The summed E-state index contributed by atoms with van der Waals surface area (Å²) < 4.78 is 0. The average Bonchev–Trinajstić information content (AvgIpc) is 2.48. The maximum absolute atomic E-state index is 10.0. The number of aldehydes is 1. The van der Waals surface area contributed by atoms with Gasteiger partial charge in [0, 0.05) is 11.3 Å². The fourth-order valence-corrected chi connectivity index (χ4v) is 1.58. The second-order valence-corrected chi connectivity index (χ2v) is 3.65. The van der Waals surface area contributed by atoms with E-state index in [1.807, 2.05) is 5.38 Å². The van der Waals surface area contributed by atoms with Gasteiger partial charge in [0.2, 0.25) is 0 Å². The predicted molar refractivity (Wildman–Crippen MR) is 51.3 cm³/mol. The first-order chi connectivity index (χ1) is 5.74. The topological polar surface area (TPSA) is 30.0 Å². The summed E-state index contributed by atoms with van der Waals surface area (Å²) in [5.41, 5.74) is 0.871. The zero-order valence-corrected chi connectivity index (χ0v) is 7.97. The van der Waals surface area contributed by atoms with Crippen molar-refractivity contribution in [1.82, 2.24) is 4.98 Å². The van der Waals surface area contributed by atoms with Gasteiger partial charge < -0.3 is 0 Å². The molecule has 0 aliphatic rings. The van der Waals surface area contributed by atoms with Gasteiger partial charge in [-0.3, -0.25) is 4.79 Å². The molecule has 0 saturated carbocycles. The summed E-state index contributed by atoms with van der Waals surface area (Å²) in [6.45, 7) is 4.21. The van der Waals surface area contributed by atoms with Crippen LogP contribution in [0.2, 0.25) is 0 Å². The second kappa shape index (κ2) is 4.16. The first-order valence-electron chi connectivity index (χ1n) is 3.81. The summed E-state index contributed by atoms with van der Waals surface area (Å²) in [4.78, 5) is 14.3. The van der Waals surface area contributed by atoms with Crippen molar-refractivity contribution in [2.24, 2.45) is 0 Å². The molecule has 1 aromatic heterocycles. The average molecular weight is 181 g/mol. The lowest BCUT2D eigenvalue weighted by molar-refractivity contribution is -0.104. The maximum Gasteiger partial charge on any atom is 0.142 e. The first-order valence-corrected chi connectivity index (χ1v) is 4.69. The van der Waals surface area contributed by atoms with E-state index < -0.39 is 0 Å². The zero-order valence-electron chi connectivity index (χ0n) is 7.15. The van der Waals surface area contributed by atoms with Crippen LogP contribution in [0.15, 0.2) is 11.5 Å². The van der Waals surface area contributed by atoms with Gasteiger partial charge >= 0.3 is 0 Å². The van der Waals surface area contributed by atoms with E-state index in [4.69, 9.17) is 0 Å². The number of hydrogen-bond donors (Lipinski definition) is 0. The fraction of sp³-hybridized carbons (Fsp3) is 0.333. The SMILES string of the molecule is CC(C)c1nc(/C=C/C=O)cs1. The van der Waals surface area contributed by atoms with Crippen molar-refractivity contribution < 1.29 is 4.79 Å². The quantitative estimate of drug-likeness (QED) is 0.529. The number of nitrogens with zero attached hydrogens (tertiary/aromatic N) is 1. The minimum atomic E-state index is 0.466. The number of aromatic nitrogens is 1. The van der Waals surface area contributed by atoms with E-state index in [1.54, 1.807) is 17.4 Å². The van der Waals surface area contributed by atoms with Crippen molar-refractivity contribution in [3.8, 4) is 0 Å². The number of hydrogen-bond acceptors (Lipinski definition) is 3. The molecule has 0 radical (unpaired) electrons. The van der Waals surface area contributed by atoms with Gasteiger partial charge in [-0.05, 0) is 12.2 Å². The third-order valence-electron chi connectivity index (χ3n) is 1.38. The number of carbonyl (C=O) groups is 1. The lowest BCUT2D eigenvalue weighted by Gasteiger charge is -1.94. The molecule has 1 aromatic rings. The van der Waals surface area contributed by atoms with Crippen molar-refractivity contribution >= 4 is 23.7 Å². The standard InChI is InChI=1S/C9H11NOS/c1-7(2)9-10-8(6-12-9)4-3-5-11/h3-7H,1-2H3/b4-3+. The van der Waals surface area contributed by atoms with Crippen LogP contribution < -0.4 is 0 Å². The molecule has 1 heterocycles. The normalized spacial score (nSPS) is 11.2. The van der Waals surface area contributed by atoms with Gasteiger partial charge in [0.15, 0.2) is 0 Å². The van der Waals surface area contributed by atoms with Crippen LogP contribution in [0, 0.1) is 0 Å². The molecular weight excluding hydrogens is 170 g/mol. The van der Waals surface area contributed by atoms with Crippen molar-refractivity contribution in [3.05, 3.63) is 22.2 Å². The Kier molecular flexibility index (Phi) is 3.17. The first kappa shape index (κ1) is 9.13. The van der Waals surface area contributed by atoms with Crippen molar-refractivity contribution in [3.63, 3.8) is 0 Å². The number of rotatable bonds is 3. The summed E-state index contributed by atoms with van der Waals surface area (Å²) in [7, 11) is 0. The molecule has 0 N–H and O–H groups in total. The zero-order chi connectivity index (χ0) is 8.97. The Bertz CT molecular complexity index is 288. The van der Waals surface area contributed by atoms with Crippen molar-refractivity contribution in [2.75, 3.05) is 0 Å². The Balaban J connectivity index is 2.77. The second-order valence-electron chi connectivity index (χ2n) is 2.76. The molecule has 0 amide bonds. The van der Waals surface area contributed by atoms with E-state index in [0.29, 0.717) is 5.92 Å². The molecule has 0 unspecified atom stereocenters. The van der Waals surface area contributed by atoms with Crippen LogP contribution in [0.4, 0.5) is 0 Å². The molecule has 3 heteroatoms. The predicted octanol–water partition coefficient (Wildman–Crippen LogP) is 2.48. The summed E-state index contributed by atoms with van der Waals surface area (Å²) in [6.07, 6.45) is 3.93. The molecule has 12 heavy (non-hydrogen) atoms. The lowest BCUT2D eigenvalue weighted by Crippen LogP contribution is -1.84. The molecule has 0 atom stereocenters. The molecule has 0 fully saturated rings. The molecule has 0 saturated heterocycles. The third kappa shape index (κ3) is 2.27. The fourth-order valence-electron chi connectivity index (χ4n) is 0.780. The highest BCUT2D eigenvalue weighted by Crippen LogP contribution is 2.19. The van der Waals surface area contributed by atoms with Crippen molar-refractivity contribution in [1.29, 1.82) is 0 Å². The highest BCUT2D eigenvalue weighted by molar-refractivity contribution is 7.09. The Morgan fingerprint density at radius 2 is 2.33 bits per heavy atom.